The molecule has 5 nitrogen and oxygen atoms in total. The molecular formula is C12H17F3N2O3S. The Labute approximate surface area is 121 Å². The molecule has 0 amide bonds. The van der Waals surface area contributed by atoms with Gasteiger partial charge in [-0.2, -0.15) is 13.2 Å². The number of hydrogen-bond acceptors (Lipinski definition) is 4. The fraction of sp³-hybridized carbons (Fsp3) is 0.500. The van der Waals surface area contributed by atoms with Crippen LogP contribution in [0.5, 0.6) is 5.75 Å². The quantitative estimate of drug-likeness (QED) is 0.835. The van der Waals surface area contributed by atoms with Crippen LogP contribution in [0.25, 0.3) is 0 Å². The summed E-state index contributed by atoms with van der Waals surface area (Å²) in [6.45, 7) is 1.33. The van der Waals surface area contributed by atoms with Gasteiger partial charge in [0.05, 0.1) is 13.5 Å². The van der Waals surface area contributed by atoms with Gasteiger partial charge in [-0.3, -0.25) is 0 Å². The summed E-state index contributed by atoms with van der Waals surface area (Å²) in [5.41, 5.74) is 6.08. The predicted octanol–water partition coefficient (Wildman–Crippen LogP) is 1.77. The number of nitrogens with one attached hydrogen (secondary N) is 1. The molecule has 0 bridgehead atoms. The molecular weight excluding hydrogens is 309 g/mol. The summed E-state index contributed by atoms with van der Waals surface area (Å²) in [6, 6.07) is 2.88. The lowest BCUT2D eigenvalue weighted by Crippen LogP contribution is -2.36. The van der Waals surface area contributed by atoms with E-state index in [4.69, 9.17) is 10.5 Å². The van der Waals surface area contributed by atoms with E-state index < -0.39 is 28.7 Å². The number of rotatable bonds is 6. The third kappa shape index (κ3) is 5.18. The van der Waals surface area contributed by atoms with E-state index in [2.05, 4.69) is 0 Å². The van der Waals surface area contributed by atoms with Crippen molar-refractivity contribution in [2.24, 2.45) is 5.73 Å². The lowest BCUT2D eigenvalue weighted by molar-refractivity contribution is -0.137. The molecule has 1 atom stereocenters. The van der Waals surface area contributed by atoms with Gasteiger partial charge in [0.25, 0.3) is 0 Å². The molecule has 1 unspecified atom stereocenters. The van der Waals surface area contributed by atoms with Gasteiger partial charge in [0.15, 0.2) is 0 Å². The third-order valence-corrected chi connectivity index (χ3v) is 4.28. The van der Waals surface area contributed by atoms with E-state index in [-0.39, 0.29) is 17.2 Å². The van der Waals surface area contributed by atoms with Gasteiger partial charge < -0.3 is 10.5 Å². The highest BCUT2D eigenvalue weighted by Gasteiger charge is 2.32. The van der Waals surface area contributed by atoms with Crippen molar-refractivity contribution in [3.05, 3.63) is 23.8 Å². The Morgan fingerprint density at radius 3 is 2.48 bits per heavy atom. The molecule has 0 aliphatic heterocycles. The second-order valence-corrected chi connectivity index (χ2v) is 6.21. The van der Waals surface area contributed by atoms with E-state index in [1.54, 1.807) is 0 Å². The first-order valence-electron chi connectivity index (χ1n) is 6.05. The Balaban J connectivity index is 3.03. The molecule has 0 radical (unpaired) electrons. The molecule has 0 fully saturated rings. The molecule has 1 aromatic carbocycles. The first-order valence-corrected chi connectivity index (χ1v) is 7.53. The molecule has 9 heteroatoms. The van der Waals surface area contributed by atoms with Crippen LogP contribution < -0.4 is 15.2 Å². The minimum absolute atomic E-state index is 0.0321. The van der Waals surface area contributed by atoms with Gasteiger partial charge >= 0.3 is 6.18 Å². The molecule has 1 aromatic rings. The van der Waals surface area contributed by atoms with Crippen molar-refractivity contribution < 1.29 is 26.3 Å². The number of nitrogens with two attached hydrogens (primary N) is 1. The second-order valence-electron chi connectivity index (χ2n) is 4.53. The number of methoxy groups -OCH3 is 1. The normalized spacial score (nSPS) is 14.0. The van der Waals surface area contributed by atoms with Gasteiger partial charge in [-0.05, 0) is 24.6 Å². The van der Waals surface area contributed by atoms with Gasteiger partial charge in [-0.1, -0.05) is 6.07 Å². The molecule has 1 rings (SSSR count). The van der Waals surface area contributed by atoms with Crippen LogP contribution in [0.15, 0.2) is 23.1 Å². The third-order valence-electron chi connectivity index (χ3n) is 2.65. The Morgan fingerprint density at radius 2 is 2.00 bits per heavy atom. The first-order chi connectivity index (χ1) is 9.59. The highest BCUT2D eigenvalue weighted by molar-refractivity contribution is 7.89. The van der Waals surface area contributed by atoms with Crippen LogP contribution in [0.3, 0.4) is 0 Å². The van der Waals surface area contributed by atoms with Crippen molar-refractivity contribution in [2.75, 3.05) is 7.11 Å². The lowest BCUT2D eigenvalue weighted by atomic mass is 10.2. The van der Waals surface area contributed by atoms with Crippen molar-refractivity contribution >= 4 is 10.0 Å². The molecule has 0 saturated heterocycles. The van der Waals surface area contributed by atoms with Gasteiger partial charge in [-0.25, -0.2) is 13.1 Å². The SMILES string of the molecule is COc1cc(CN)ccc1S(=O)(=O)NC(C)CC(F)(F)F. The average Bonchev–Trinajstić information content (AvgIpc) is 2.34. The highest BCUT2D eigenvalue weighted by Crippen LogP contribution is 2.26. The van der Waals surface area contributed by atoms with Crippen LogP contribution >= 0.6 is 0 Å². The second kappa shape index (κ2) is 6.63. The van der Waals surface area contributed by atoms with Crippen molar-refractivity contribution in [1.29, 1.82) is 0 Å². The molecule has 3 N–H and O–H groups in total. The van der Waals surface area contributed by atoms with Gasteiger partial charge in [0.1, 0.15) is 10.6 Å². The molecule has 0 saturated carbocycles. The van der Waals surface area contributed by atoms with Gasteiger partial charge in [-0.15, -0.1) is 0 Å². The standard InChI is InChI=1S/C12H17F3N2O3S/c1-8(6-12(13,14)15)17-21(18,19)11-4-3-9(7-16)5-10(11)20-2/h3-5,8,17H,6-7,16H2,1-2H3. The maximum absolute atomic E-state index is 12.3. The number of ether oxygens (including phenoxy) is 1. The van der Waals surface area contributed by atoms with Crippen LogP contribution in [0.4, 0.5) is 13.2 Å². The average molecular weight is 326 g/mol. The Kier molecular flexibility index (Phi) is 5.60. The molecule has 120 valence electrons. The first kappa shape index (κ1) is 17.7. The molecule has 21 heavy (non-hydrogen) atoms. The summed E-state index contributed by atoms with van der Waals surface area (Å²) in [4.78, 5) is -0.226. The number of sulfonamides is 1. The summed E-state index contributed by atoms with van der Waals surface area (Å²) in [7, 11) is -2.84. The minimum Gasteiger partial charge on any atom is -0.495 e. The zero-order chi connectivity index (χ0) is 16.3. The van der Waals surface area contributed by atoms with Crippen LogP contribution in [0.1, 0.15) is 18.9 Å². The zero-order valence-corrected chi connectivity index (χ0v) is 12.4. The molecule has 0 aliphatic carbocycles. The van der Waals surface area contributed by atoms with Gasteiger partial charge in [0, 0.05) is 12.6 Å². The van der Waals surface area contributed by atoms with Crippen molar-refractivity contribution in [1.82, 2.24) is 4.72 Å². The number of hydrogen-bond donors (Lipinski definition) is 2. The van der Waals surface area contributed by atoms with Crippen molar-refractivity contribution in [3.63, 3.8) is 0 Å². The summed E-state index contributed by atoms with van der Waals surface area (Å²) in [5, 5.41) is 0. The van der Waals surface area contributed by atoms with E-state index in [1.165, 1.54) is 25.3 Å². The van der Waals surface area contributed by atoms with Crippen LogP contribution in [-0.4, -0.2) is 27.7 Å². The van der Waals surface area contributed by atoms with E-state index in [1.807, 2.05) is 4.72 Å². The summed E-state index contributed by atoms with van der Waals surface area (Å²) < 4.78 is 67.9. The van der Waals surface area contributed by atoms with Crippen LogP contribution in [0.2, 0.25) is 0 Å². The largest absolute Gasteiger partial charge is 0.495 e. The van der Waals surface area contributed by atoms with Crippen molar-refractivity contribution in [2.45, 2.75) is 37.0 Å². The summed E-state index contributed by atoms with van der Waals surface area (Å²) >= 11 is 0. The number of benzene rings is 1. The minimum atomic E-state index is -4.45. The molecule has 0 aliphatic rings. The summed E-state index contributed by atoms with van der Waals surface area (Å²) in [6.07, 6.45) is -5.70. The van der Waals surface area contributed by atoms with Crippen LogP contribution in [-0.2, 0) is 16.6 Å². The maximum Gasteiger partial charge on any atom is 0.390 e. The smallest absolute Gasteiger partial charge is 0.390 e. The molecule has 0 aromatic heterocycles. The lowest BCUT2D eigenvalue weighted by Gasteiger charge is -2.17. The van der Waals surface area contributed by atoms with Gasteiger partial charge in [0.2, 0.25) is 10.0 Å². The van der Waals surface area contributed by atoms with Crippen molar-refractivity contribution in [3.8, 4) is 5.75 Å². The maximum atomic E-state index is 12.3. The Morgan fingerprint density at radius 1 is 1.38 bits per heavy atom. The number of halogens is 3. The monoisotopic (exact) mass is 326 g/mol. The van der Waals surface area contributed by atoms with E-state index >= 15 is 0 Å². The number of alkyl halides is 3. The highest BCUT2D eigenvalue weighted by atomic mass is 32.2. The summed E-state index contributed by atoms with van der Waals surface area (Å²) in [5.74, 6) is 0.0321. The van der Waals surface area contributed by atoms with Crippen LogP contribution in [0, 0.1) is 0 Å². The zero-order valence-electron chi connectivity index (χ0n) is 11.6. The predicted molar refractivity (Wildman–Crippen MR) is 71.3 cm³/mol. The van der Waals surface area contributed by atoms with E-state index in [0.29, 0.717) is 5.56 Å². The fourth-order valence-electron chi connectivity index (χ4n) is 1.78. The Hall–Kier alpha value is -1.32. The van der Waals surface area contributed by atoms with E-state index in [0.717, 1.165) is 6.92 Å². The topological polar surface area (TPSA) is 81.4 Å². The van der Waals surface area contributed by atoms with E-state index in [9.17, 15) is 21.6 Å². The Bertz CT molecular complexity index is 588. The molecule has 0 spiro atoms. The molecule has 0 heterocycles. The fourth-order valence-corrected chi connectivity index (χ4v) is 3.17.